The summed E-state index contributed by atoms with van der Waals surface area (Å²) in [5, 5.41) is 19.9. The van der Waals surface area contributed by atoms with Crippen molar-refractivity contribution in [2.24, 2.45) is 0 Å². The van der Waals surface area contributed by atoms with Crippen LogP contribution < -0.4 is 4.74 Å². The lowest BCUT2D eigenvalue weighted by Gasteiger charge is -2.24. The van der Waals surface area contributed by atoms with Crippen molar-refractivity contribution in [3.05, 3.63) is 29.3 Å². The van der Waals surface area contributed by atoms with Gasteiger partial charge in [-0.3, -0.25) is 0 Å². The highest BCUT2D eigenvalue weighted by atomic mass is 16.5. The number of aliphatic hydroxyl groups is 2. The van der Waals surface area contributed by atoms with Crippen molar-refractivity contribution in [1.82, 2.24) is 0 Å². The summed E-state index contributed by atoms with van der Waals surface area (Å²) < 4.78 is 5.61. The SMILES string of the molecule is CCC(C)(O)COc1ccc2c(c1)[C@H](O)CCC2. The largest absolute Gasteiger partial charge is 0.491 e. The van der Waals surface area contributed by atoms with Crippen LogP contribution in [0.15, 0.2) is 18.2 Å². The van der Waals surface area contributed by atoms with Gasteiger partial charge in [-0.15, -0.1) is 0 Å². The Hall–Kier alpha value is -1.06. The summed E-state index contributed by atoms with van der Waals surface area (Å²) in [7, 11) is 0. The van der Waals surface area contributed by atoms with E-state index in [1.165, 1.54) is 5.56 Å². The van der Waals surface area contributed by atoms with Gasteiger partial charge in [0.1, 0.15) is 12.4 Å². The molecule has 1 aliphatic carbocycles. The molecule has 0 saturated heterocycles. The number of ether oxygens (including phenoxy) is 1. The molecule has 2 rings (SSSR count). The van der Waals surface area contributed by atoms with Gasteiger partial charge in [-0.1, -0.05) is 13.0 Å². The molecule has 1 aliphatic rings. The van der Waals surface area contributed by atoms with Gasteiger partial charge in [0.15, 0.2) is 0 Å². The van der Waals surface area contributed by atoms with Crippen molar-refractivity contribution in [3.63, 3.8) is 0 Å². The van der Waals surface area contributed by atoms with Gasteiger partial charge in [0, 0.05) is 0 Å². The van der Waals surface area contributed by atoms with Crippen molar-refractivity contribution in [1.29, 1.82) is 0 Å². The minimum absolute atomic E-state index is 0.276. The van der Waals surface area contributed by atoms with Gasteiger partial charge in [0.05, 0.1) is 11.7 Å². The highest BCUT2D eigenvalue weighted by Gasteiger charge is 2.21. The van der Waals surface area contributed by atoms with E-state index in [1.807, 2.05) is 25.1 Å². The van der Waals surface area contributed by atoms with Crippen LogP contribution in [0.25, 0.3) is 0 Å². The molecule has 0 fully saturated rings. The number of fused-ring (bicyclic) bond motifs is 1. The van der Waals surface area contributed by atoms with Gasteiger partial charge >= 0.3 is 0 Å². The maximum atomic E-state index is 9.96. The molecule has 0 aliphatic heterocycles. The van der Waals surface area contributed by atoms with Crippen molar-refractivity contribution < 1.29 is 14.9 Å². The van der Waals surface area contributed by atoms with Crippen LogP contribution in [-0.4, -0.2) is 22.4 Å². The molecule has 0 aromatic heterocycles. The van der Waals surface area contributed by atoms with Crippen molar-refractivity contribution >= 4 is 0 Å². The second-order valence-electron chi connectivity index (χ2n) is 5.41. The Morgan fingerprint density at radius 1 is 1.44 bits per heavy atom. The molecule has 1 aromatic carbocycles. The Morgan fingerprint density at radius 3 is 2.94 bits per heavy atom. The molecule has 3 nitrogen and oxygen atoms in total. The monoisotopic (exact) mass is 250 g/mol. The summed E-state index contributed by atoms with van der Waals surface area (Å²) >= 11 is 0. The smallest absolute Gasteiger partial charge is 0.119 e. The summed E-state index contributed by atoms with van der Waals surface area (Å²) in [6, 6.07) is 5.85. The fourth-order valence-electron chi connectivity index (χ4n) is 2.18. The molecule has 100 valence electrons. The first-order valence-electron chi connectivity index (χ1n) is 6.68. The average Bonchev–Trinajstić information content (AvgIpc) is 2.37. The second kappa shape index (κ2) is 5.29. The predicted molar refractivity (Wildman–Crippen MR) is 70.7 cm³/mol. The van der Waals surface area contributed by atoms with Gasteiger partial charge < -0.3 is 14.9 Å². The lowest BCUT2D eigenvalue weighted by Crippen LogP contribution is -2.31. The van der Waals surface area contributed by atoms with Crippen LogP contribution in [-0.2, 0) is 6.42 Å². The third kappa shape index (κ3) is 3.03. The summed E-state index contributed by atoms with van der Waals surface area (Å²) in [6.45, 7) is 3.97. The molecule has 18 heavy (non-hydrogen) atoms. The highest BCUT2D eigenvalue weighted by Crippen LogP contribution is 2.32. The van der Waals surface area contributed by atoms with E-state index in [2.05, 4.69) is 0 Å². The standard InChI is InChI=1S/C15H22O3/c1-3-15(2,17)10-18-12-8-7-11-5-4-6-14(16)13(11)9-12/h7-9,14,16-17H,3-6,10H2,1-2H3/t14-,15?/m1/s1. The van der Waals surface area contributed by atoms with Crippen LogP contribution in [0.5, 0.6) is 5.75 Å². The first kappa shape index (κ1) is 13.4. The summed E-state index contributed by atoms with van der Waals surface area (Å²) in [5.74, 6) is 0.725. The fraction of sp³-hybridized carbons (Fsp3) is 0.600. The van der Waals surface area contributed by atoms with Gasteiger partial charge in [0.25, 0.3) is 0 Å². The normalized spacial score (nSPS) is 22.1. The van der Waals surface area contributed by atoms with Crippen LogP contribution in [0, 0.1) is 0 Å². The van der Waals surface area contributed by atoms with E-state index in [9.17, 15) is 10.2 Å². The van der Waals surface area contributed by atoms with E-state index in [0.29, 0.717) is 6.42 Å². The molecular formula is C15H22O3. The van der Waals surface area contributed by atoms with Crippen LogP contribution in [0.3, 0.4) is 0 Å². The number of hydrogen-bond donors (Lipinski definition) is 2. The molecule has 0 heterocycles. The maximum absolute atomic E-state index is 9.96. The first-order valence-corrected chi connectivity index (χ1v) is 6.68. The van der Waals surface area contributed by atoms with Crippen LogP contribution in [0.2, 0.25) is 0 Å². The Balaban J connectivity index is 2.09. The molecule has 0 radical (unpaired) electrons. The molecule has 0 saturated carbocycles. The zero-order valence-corrected chi connectivity index (χ0v) is 11.1. The maximum Gasteiger partial charge on any atom is 0.119 e. The second-order valence-corrected chi connectivity index (χ2v) is 5.41. The van der Waals surface area contributed by atoms with E-state index in [4.69, 9.17) is 4.74 Å². The van der Waals surface area contributed by atoms with Gasteiger partial charge in [-0.2, -0.15) is 0 Å². The molecule has 2 atom stereocenters. The Kier molecular flexibility index (Phi) is 3.93. The quantitative estimate of drug-likeness (QED) is 0.863. The summed E-state index contributed by atoms with van der Waals surface area (Å²) in [4.78, 5) is 0. The Morgan fingerprint density at radius 2 is 2.22 bits per heavy atom. The molecule has 0 spiro atoms. The van der Waals surface area contributed by atoms with E-state index < -0.39 is 5.60 Å². The van der Waals surface area contributed by atoms with Gasteiger partial charge in [-0.05, 0) is 55.9 Å². The van der Waals surface area contributed by atoms with Crippen LogP contribution in [0.1, 0.15) is 50.3 Å². The van der Waals surface area contributed by atoms with Crippen molar-refractivity contribution in [3.8, 4) is 5.75 Å². The van der Waals surface area contributed by atoms with E-state index in [0.717, 1.165) is 30.6 Å². The topological polar surface area (TPSA) is 49.7 Å². The molecule has 1 unspecified atom stereocenters. The zero-order valence-electron chi connectivity index (χ0n) is 11.1. The molecule has 2 N–H and O–H groups in total. The summed E-state index contributed by atoms with van der Waals surface area (Å²) in [6.07, 6.45) is 3.17. The molecule has 1 aromatic rings. The number of rotatable bonds is 4. The van der Waals surface area contributed by atoms with E-state index in [1.54, 1.807) is 6.92 Å². The highest BCUT2D eigenvalue weighted by molar-refractivity contribution is 5.38. The minimum atomic E-state index is -0.797. The lowest BCUT2D eigenvalue weighted by atomic mass is 9.89. The molecule has 0 bridgehead atoms. The van der Waals surface area contributed by atoms with Crippen LogP contribution >= 0.6 is 0 Å². The van der Waals surface area contributed by atoms with Crippen molar-refractivity contribution in [2.45, 2.75) is 51.2 Å². The molecular weight excluding hydrogens is 228 g/mol. The lowest BCUT2D eigenvalue weighted by molar-refractivity contribution is 0.00837. The Bertz CT molecular complexity index is 412. The third-order valence-electron chi connectivity index (χ3n) is 3.71. The summed E-state index contributed by atoms with van der Waals surface area (Å²) in [5.41, 5.74) is 1.40. The minimum Gasteiger partial charge on any atom is -0.491 e. The van der Waals surface area contributed by atoms with E-state index >= 15 is 0 Å². The molecule has 0 amide bonds. The van der Waals surface area contributed by atoms with E-state index in [-0.39, 0.29) is 12.7 Å². The van der Waals surface area contributed by atoms with Crippen molar-refractivity contribution in [2.75, 3.05) is 6.61 Å². The number of aryl methyl sites for hydroxylation is 1. The number of aliphatic hydroxyl groups excluding tert-OH is 1. The average molecular weight is 250 g/mol. The zero-order chi connectivity index (χ0) is 13.2. The number of hydrogen-bond acceptors (Lipinski definition) is 3. The molecule has 3 heteroatoms. The van der Waals surface area contributed by atoms with Gasteiger partial charge in [0.2, 0.25) is 0 Å². The van der Waals surface area contributed by atoms with Gasteiger partial charge in [-0.25, -0.2) is 0 Å². The third-order valence-corrected chi connectivity index (χ3v) is 3.71. The predicted octanol–water partition coefficient (Wildman–Crippen LogP) is 2.60. The first-order chi connectivity index (χ1) is 8.52. The fourth-order valence-corrected chi connectivity index (χ4v) is 2.18. The van der Waals surface area contributed by atoms with Crippen LogP contribution in [0.4, 0.5) is 0 Å². The number of benzene rings is 1. The Labute approximate surface area is 108 Å².